The number of nitrogens with one attached hydrogen (secondary N) is 2. The molecule has 2 rings (SSSR count). The quantitative estimate of drug-likeness (QED) is 0.721. The molecule has 0 bridgehead atoms. The van der Waals surface area contributed by atoms with E-state index in [4.69, 9.17) is 0 Å². The molecular weight excluding hydrogens is 242 g/mol. The minimum absolute atomic E-state index is 0.122. The van der Waals surface area contributed by atoms with Gasteiger partial charge >= 0.3 is 0 Å². The number of carbonyl (C=O) groups is 1. The highest BCUT2D eigenvalue weighted by molar-refractivity contribution is 5.91. The summed E-state index contributed by atoms with van der Waals surface area (Å²) in [6.45, 7) is 6.95. The Morgan fingerprint density at radius 3 is 2.95 bits per heavy atom. The number of carbonyl (C=O) groups excluding carboxylic acids is 1. The fourth-order valence-corrected chi connectivity index (χ4v) is 1.99. The predicted molar refractivity (Wildman–Crippen MR) is 73.0 cm³/mol. The van der Waals surface area contributed by atoms with Crippen LogP contribution in [0.4, 0.5) is 0 Å². The van der Waals surface area contributed by atoms with Crippen LogP contribution in [0.2, 0.25) is 0 Å². The molecule has 106 valence electrons. The minimum Gasteiger partial charge on any atom is -0.351 e. The third-order valence-corrected chi connectivity index (χ3v) is 3.37. The Balaban J connectivity index is 1.69. The number of unbranched alkanes of at least 4 members (excludes halogenated alkanes) is 1. The van der Waals surface area contributed by atoms with Crippen molar-refractivity contribution in [2.45, 2.75) is 39.2 Å². The first-order chi connectivity index (χ1) is 9.16. The largest absolute Gasteiger partial charge is 0.351 e. The van der Waals surface area contributed by atoms with E-state index in [2.05, 4.69) is 34.8 Å². The van der Waals surface area contributed by atoms with Gasteiger partial charge in [0.1, 0.15) is 0 Å². The van der Waals surface area contributed by atoms with Gasteiger partial charge in [-0.15, -0.1) is 5.10 Å². The summed E-state index contributed by atoms with van der Waals surface area (Å²) in [5.41, 5.74) is 0.413. The Kier molecular flexibility index (Phi) is 4.90. The topological polar surface area (TPSA) is 71.8 Å². The fourth-order valence-electron chi connectivity index (χ4n) is 1.99. The second-order valence-electron chi connectivity index (χ2n) is 5.54. The average Bonchev–Trinajstić information content (AvgIpc) is 2.75. The van der Waals surface area contributed by atoms with Gasteiger partial charge in [0.05, 0.1) is 12.2 Å². The summed E-state index contributed by atoms with van der Waals surface area (Å²) in [6.07, 6.45) is 5.11. The molecule has 0 radical (unpaired) electrons. The maximum atomic E-state index is 11.8. The SMILES string of the molecule is CC(C)CCCCNC(=O)c1cn(C2CNC2)nn1. The van der Waals surface area contributed by atoms with E-state index in [0.29, 0.717) is 18.3 Å². The number of hydrogen-bond acceptors (Lipinski definition) is 4. The van der Waals surface area contributed by atoms with Gasteiger partial charge in [-0.05, 0) is 12.3 Å². The molecule has 0 aliphatic carbocycles. The number of aromatic nitrogens is 3. The second kappa shape index (κ2) is 6.65. The molecule has 6 heteroatoms. The molecule has 6 nitrogen and oxygen atoms in total. The van der Waals surface area contributed by atoms with E-state index in [1.165, 1.54) is 6.42 Å². The van der Waals surface area contributed by atoms with Crippen molar-refractivity contribution in [1.29, 1.82) is 0 Å². The zero-order valence-corrected chi connectivity index (χ0v) is 11.7. The van der Waals surface area contributed by atoms with Gasteiger partial charge in [0.2, 0.25) is 0 Å². The molecule has 0 atom stereocenters. The Hall–Kier alpha value is -1.43. The first-order valence-corrected chi connectivity index (χ1v) is 7.07. The van der Waals surface area contributed by atoms with E-state index in [1.807, 2.05) is 0 Å². The number of nitrogens with zero attached hydrogens (tertiary/aromatic N) is 3. The van der Waals surface area contributed by atoms with Crippen LogP contribution in [0.15, 0.2) is 6.20 Å². The molecule has 19 heavy (non-hydrogen) atoms. The first-order valence-electron chi connectivity index (χ1n) is 7.07. The first kappa shape index (κ1) is 14.0. The molecule has 1 aliphatic rings. The van der Waals surface area contributed by atoms with E-state index >= 15 is 0 Å². The van der Waals surface area contributed by atoms with Crippen molar-refractivity contribution >= 4 is 5.91 Å². The van der Waals surface area contributed by atoms with Gasteiger partial charge in [-0.2, -0.15) is 0 Å². The number of rotatable bonds is 7. The van der Waals surface area contributed by atoms with Crippen LogP contribution < -0.4 is 10.6 Å². The van der Waals surface area contributed by atoms with E-state index in [1.54, 1.807) is 10.9 Å². The monoisotopic (exact) mass is 265 g/mol. The van der Waals surface area contributed by atoms with Crippen LogP contribution in [-0.2, 0) is 0 Å². The van der Waals surface area contributed by atoms with Crippen molar-refractivity contribution in [1.82, 2.24) is 25.6 Å². The molecular formula is C13H23N5O. The third kappa shape index (κ3) is 4.02. The van der Waals surface area contributed by atoms with Crippen LogP contribution in [0, 0.1) is 5.92 Å². The average molecular weight is 265 g/mol. The highest BCUT2D eigenvalue weighted by Gasteiger charge is 2.21. The van der Waals surface area contributed by atoms with Crippen molar-refractivity contribution in [3.8, 4) is 0 Å². The molecule has 1 aromatic rings. The van der Waals surface area contributed by atoms with Gasteiger partial charge < -0.3 is 10.6 Å². The lowest BCUT2D eigenvalue weighted by Crippen LogP contribution is -2.43. The molecule has 0 saturated carbocycles. The lowest BCUT2D eigenvalue weighted by Gasteiger charge is -2.26. The lowest BCUT2D eigenvalue weighted by atomic mass is 10.1. The summed E-state index contributed by atoms with van der Waals surface area (Å²) < 4.78 is 1.77. The molecule has 0 spiro atoms. The molecule has 1 saturated heterocycles. The number of hydrogen-bond donors (Lipinski definition) is 2. The summed E-state index contributed by atoms with van der Waals surface area (Å²) in [6, 6.07) is 0.347. The van der Waals surface area contributed by atoms with Gasteiger partial charge in [0, 0.05) is 19.6 Å². The van der Waals surface area contributed by atoms with Crippen molar-refractivity contribution < 1.29 is 4.79 Å². The van der Waals surface area contributed by atoms with Crippen molar-refractivity contribution in [3.05, 3.63) is 11.9 Å². The van der Waals surface area contributed by atoms with E-state index < -0.39 is 0 Å². The zero-order chi connectivity index (χ0) is 13.7. The Morgan fingerprint density at radius 1 is 1.53 bits per heavy atom. The molecule has 2 heterocycles. The van der Waals surface area contributed by atoms with Gasteiger partial charge in [-0.1, -0.05) is 31.9 Å². The smallest absolute Gasteiger partial charge is 0.273 e. The van der Waals surface area contributed by atoms with E-state index in [9.17, 15) is 4.79 Å². The predicted octanol–water partition coefficient (Wildman–Crippen LogP) is 0.978. The van der Waals surface area contributed by atoms with Gasteiger partial charge in [-0.3, -0.25) is 4.79 Å². The van der Waals surface area contributed by atoms with Crippen LogP contribution in [-0.4, -0.2) is 40.5 Å². The highest BCUT2D eigenvalue weighted by atomic mass is 16.2. The second-order valence-corrected chi connectivity index (χ2v) is 5.54. The normalized spacial score (nSPS) is 15.5. The summed E-state index contributed by atoms with van der Waals surface area (Å²) in [4.78, 5) is 11.8. The van der Waals surface area contributed by atoms with Crippen molar-refractivity contribution in [2.75, 3.05) is 19.6 Å². The van der Waals surface area contributed by atoms with Crippen LogP contribution >= 0.6 is 0 Å². The van der Waals surface area contributed by atoms with Crippen LogP contribution in [0.3, 0.4) is 0 Å². The summed E-state index contributed by atoms with van der Waals surface area (Å²) in [7, 11) is 0. The maximum Gasteiger partial charge on any atom is 0.273 e. The highest BCUT2D eigenvalue weighted by Crippen LogP contribution is 2.10. The fraction of sp³-hybridized carbons (Fsp3) is 0.769. The molecule has 1 fully saturated rings. The molecule has 1 aliphatic heterocycles. The lowest BCUT2D eigenvalue weighted by molar-refractivity contribution is 0.0947. The van der Waals surface area contributed by atoms with E-state index in [-0.39, 0.29) is 5.91 Å². The van der Waals surface area contributed by atoms with Gasteiger partial charge in [-0.25, -0.2) is 4.68 Å². The van der Waals surface area contributed by atoms with Gasteiger partial charge in [0.15, 0.2) is 5.69 Å². The third-order valence-electron chi connectivity index (χ3n) is 3.37. The van der Waals surface area contributed by atoms with Crippen LogP contribution in [0.25, 0.3) is 0 Å². The molecule has 1 amide bonds. The molecule has 1 aromatic heterocycles. The van der Waals surface area contributed by atoms with Crippen LogP contribution in [0.5, 0.6) is 0 Å². The van der Waals surface area contributed by atoms with Crippen LogP contribution in [0.1, 0.15) is 49.6 Å². The molecule has 0 unspecified atom stereocenters. The Morgan fingerprint density at radius 2 is 2.32 bits per heavy atom. The standard InChI is InChI=1S/C13H23N5O/c1-10(2)5-3-4-6-15-13(19)12-9-18(17-16-12)11-7-14-8-11/h9-11,14H,3-8H2,1-2H3,(H,15,19). The Labute approximate surface area is 113 Å². The maximum absolute atomic E-state index is 11.8. The number of amides is 1. The summed E-state index contributed by atoms with van der Waals surface area (Å²) in [5, 5.41) is 14.0. The minimum atomic E-state index is -0.122. The van der Waals surface area contributed by atoms with Crippen molar-refractivity contribution in [3.63, 3.8) is 0 Å². The summed E-state index contributed by atoms with van der Waals surface area (Å²) in [5.74, 6) is 0.606. The molecule has 0 aromatic carbocycles. The van der Waals surface area contributed by atoms with E-state index in [0.717, 1.165) is 31.8 Å². The van der Waals surface area contributed by atoms with Gasteiger partial charge in [0.25, 0.3) is 5.91 Å². The summed E-state index contributed by atoms with van der Waals surface area (Å²) >= 11 is 0. The Bertz CT molecular complexity index is 411. The van der Waals surface area contributed by atoms with Crippen molar-refractivity contribution in [2.24, 2.45) is 5.92 Å². The molecule has 2 N–H and O–H groups in total. The zero-order valence-electron chi connectivity index (χ0n) is 11.7.